The van der Waals surface area contributed by atoms with Crippen molar-refractivity contribution in [3.05, 3.63) is 0 Å². The van der Waals surface area contributed by atoms with E-state index in [4.69, 9.17) is 14.2 Å². The molecule has 3 heteroatoms. The molecule has 108 valence electrons. The quantitative estimate of drug-likeness (QED) is 0.529. The van der Waals surface area contributed by atoms with Gasteiger partial charge in [0.05, 0.1) is 6.10 Å². The highest BCUT2D eigenvalue weighted by atomic mass is 16.8. The average Bonchev–Trinajstić information content (AvgIpc) is 3.01. The smallest absolute Gasteiger partial charge is 0.184 e. The number of epoxide rings is 1. The van der Waals surface area contributed by atoms with Crippen LogP contribution in [0.4, 0.5) is 0 Å². The van der Waals surface area contributed by atoms with Crippen LogP contribution in [0.5, 0.6) is 0 Å². The molecule has 0 saturated carbocycles. The van der Waals surface area contributed by atoms with Crippen molar-refractivity contribution in [3.63, 3.8) is 0 Å². The molecule has 1 aliphatic heterocycles. The largest absolute Gasteiger partial charge is 0.384 e. The van der Waals surface area contributed by atoms with E-state index in [2.05, 4.69) is 20.8 Å². The van der Waals surface area contributed by atoms with Crippen molar-refractivity contribution in [1.82, 2.24) is 0 Å². The molecule has 3 nitrogen and oxygen atoms in total. The first kappa shape index (κ1) is 15.9. The van der Waals surface area contributed by atoms with Crippen LogP contribution in [0.2, 0.25) is 0 Å². The molecule has 1 fully saturated rings. The van der Waals surface area contributed by atoms with Gasteiger partial charge in [0.15, 0.2) is 6.29 Å². The Balaban J connectivity index is 2.05. The van der Waals surface area contributed by atoms with E-state index in [1.807, 2.05) is 0 Å². The molecule has 18 heavy (non-hydrogen) atoms. The van der Waals surface area contributed by atoms with E-state index in [0.29, 0.717) is 12.2 Å². The van der Waals surface area contributed by atoms with Gasteiger partial charge in [0.25, 0.3) is 0 Å². The molecule has 0 aromatic rings. The monoisotopic (exact) mass is 258 g/mol. The molecule has 0 N–H and O–H groups in total. The van der Waals surface area contributed by atoms with Gasteiger partial charge in [0.1, 0.15) is 6.10 Å². The van der Waals surface area contributed by atoms with E-state index in [9.17, 15) is 0 Å². The molecule has 0 aromatic heterocycles. The molecule has 0 bridgehead atoms. The minimum Gasteiger partial charge on any atom is -0.384 e. The van der Waals surface area contributed by atoms with E-state index >= 15 is 0 Å². The number of hydrogen-bond donors (Lipinski definition) is 0. The van der Waals surface area contributed by atoms with Gasteiger partial charge >= 0.3 is 0 Å². The summed E-state index contributed by atoms with van der Waals surface area (Å²) in [6.45, 7) is 7.34. The van der Waals surface area contributed by atoms with Crippen molar-refractivity contribution in [2.45, 2.75) is 77.8 Å². The summed E-state index contributed by atoms with van der Waals surface area (Å²) in [5, 5.41) is 0. The summed E-state index contributed by atoms with van der Waals surface area (Å²) in [5.41, 5.74) is 0. The van der Waals surface area contributed by atoms with Crippen LogP contribution in [-0.4, -0.2) is 32.2 Å². The van der Waals surface area contributed by atoms with Crippen molar-refractivity contribution < 1.29 is 14.2 Å². The summed E-state index contributed by atoms with van der Waals surface area (Å²) < 4.78 is 16.3. The highest BCUT2D eigenvalue weighted by Gasteiger charge is 2.36. The average molecular weight is 258 g/mol. The summed E-state index contributed by atoms with van der Waals surface area (Å²) in [4.78, 5) is 0. The van der Waals surface area contributed by atoms with Crippen molar-refractivity contribution in [1.29, 1.82) is 0 Å². The number of rotatable bonds is 11. The first-order chi connectivity index (χ1) is 8.67. The van der Waals surface area contributed by atoms with Gasteiger partial charge in [-0.1, -0.05) is 26.2 Å². The van der Waals surface area contributed by atoms with Gasteiger partial charge in [-0.25, -0.2) is 0 Å². The van der Waals surface area contributed by atoms with Gasteiger partial charge in [-0.05, 0) is 39.0 Å². The molecular weight excluding hydrogens is 228 g/mol. The molecule has 4 unspecified atom stereocenters. The third-order valence-corrected chi connectivity index (χ3v) is 3.61. The van der Waals surface area contributed by atoms with Crippen LogP contribution in [-0.2, 0) is 14.2 Å². The predicted octanol–water partition coefficient (Wildman–Crippen LogP) is 3.76. The van der Waals surface area contributed by atoms with Gasteiger partial charge in [-0.15, -0.1) is 0 Å². The predicted molar refractivity (Wildman–Crippen MR) is 73.6 cm³/mol. The maximum absolute atomic E-state index is 5.74. The maximum atomic E-state index is 5.74. The highest BCUT2D eigenvalue weighted by molar-refractivity contribution is 4.72. The lowest BCUT2D eigenvalue weighted by Crippen LogP contribution is -2.13. The third kappa shape index (κ3) is 6.72. The Morgan fingerprint density at radius 1 is 1.17 bits per heavy atom. The van der Waals surface area contributed by atoms with Gasteiger partial charge in [0.2, 0.25) is 0 Å². The Morgan fingerprint density at radius 3 is 2.39 bits per heavy atom. The zero-order valence-electron chi connectivity index (χ0n) is 12.5. The van der Waals surface area contributed by atoms with E-state index in [1.165, 1.54) is 32.1 Å². The lowest BCUT2D eigenvalue weighted by atomic mass is 9.96. The minimum absolute atomic E-state index is 0.0647. The first-order valence-electron chi connectivity index (χ1n) is 7.47. The topological polar surface area (TPSA) is 31.0 Å². The molecular formula is C15H30O3. The lowest BCUT2D eigenvalue weighted by Gasteiger charge is -2.17. The number of unbranched alkanes of at least 4 members (excludes halogenated alkanes) is 1. The molecule has 1 rings (SSSR count). The zero-order chi connectivity index (χ0) is 13.4. The first-order valence-corrected chi connectivity index (χ1v) is 7.47. The Morgan fingerprint density at radius 2 is 1.83 bits per heavy atom. The molecule has 0 aliphatic carbocycles. The summed E-state index contributed by atoms with van der Waals surface area (Å²) in [7, 11) is 1.80. The second kappa shape index (κ2) is 8.89. The minimum atomic E-state index is 0.0647. The Kier molecular flexibility index (Phi) is 7.87. The van der Waals surface area contributed by atoms with E-state index in [1.54, 1.807) is 7.11 Å². The summed E-state index contributed by atoms with van der Waals surface area (Å²) in [5.74, 6) is 0.721. The van der Waals surface area contributed by atoms with Crippen LogP contribution in [0, 0.1) is 5.92 Å². The van der Waals surface area contributed by atoms with Crippen LogP contribution < -0.4 is 0 Å². The van der Waals surface area contributed by atoms with Crippen LogP contribution in [0.1, 0.15) is 59.3 Å². The normalized spacial score (nSPS) is 26.0. The Labute approximate surface area is 112 Å². The molecule has 1 aliphatic rings. The Hall–Kier alpha value is -0.120. The van der Waals surface area contributed by atoms with Gasteiger partial charge in [-0.2, -0.15) is 0 Å². The van der Waals surface area contributed by atoms with E-state index in [0.717, 1.165) is 18.9 Å². The second-order valence-corrected chi connectivity index (χ2v) is 5.55. The fraction of sp³-hybridized carbons (Fsp3) is 1.00. The Bertz CT molecular complexity index is 208. The molecule has 0 amide bonds. The standard InChI is InChI=1S/C15H30O3/c1-5-6-9-14(11-16-4)10-7-8-12(2)17-15-13(3)18-15/h12-15H,5-11H2,1-4H3. The lowest BCUT2D eigenvalue weighted by molar-refractivity contribution is -0.00734. The summed E-state index contributed by atoms with van der Waals surface area (Å²) >= 11 is 0. The van der Waals surface area contributed by atoms with E-state index < -0.39 is 0 Å². The van der Waals surface area contributed by atoms with Gasteiger partial charge in [0, 0.05) is 13.7 Å². The SMILES string of the molecule is CCCCC(CCCC(C)OC1OC1C)COC. The third-order valence-electron chi connectivity index (χ3n) is 3.61. The zero-order valence-corrected chi connectivity index (χ0v) is 12.5. The van der Waals surface area contributed by atoms with Crippen LogP contribution in [0.25, 0.3) is 0 Å². The van der Waals surface area contributed by atoms with Crippen molar-refractivity contribution >= 4 is 0 Å². The summed E-state index contributed by atoms with van der Waals surface area (Å²) in [6, 6.07) is 0. The molecule has 0 aromatic carbocycles. The van der Waals surface area contributed by atoms with E-state index in [-0.39, 0.29) is 6.29 Å². The maximum Gasteiger partial charge on any atom is 0.184 e. The fourth-order valence-corrected chi connectivity index (χ4v) is 2.34. The van der Waals surface area contributed by atoms with Crippen molar-refractivity contribution in [2.75, 3.05) is 13.7 Å². The molecule has 0 spiro atoms. The van der Waals surface area contributed by atoms with Gasteiger partial charge in [-0.3, -0.25) is 0 Å². The summed E-state index contributed by atoms with van der Waals surface area (Å²) in [6.07, 6.45) is 8.16. The fourth-order valence-electron chi connectivity index (χ4n) is 2.34. The van der Waals surface area contributed by atoms with Crippen LogP contribution in [0.15, 0.2) is 0 Å². The molecule has 0 radical (unpaired) electrons. The van der Waals surface area contributed by atoms with Crippen LogP contribution >= 0.6 is 0 Å². The number of ether oxygens (including phenoxy) is 3. The second-order valence-electron chi connectivity index (χ2n) is 5.55. The number of hydrogen-bond acceptors (Lipinski definition) is 3. The van der Waals surface area contributed by atoms with Crippen LogP contribution in [0.3, 0.4) is 0 Å². The molecule has 4 atom stereocenters. The van der Waals surface area contributed by atoms with Crippen molar-refractivity contribution in [3.8, 4) is 0 Å². The molecule has 1 saturated heterocycles. The number of methoxy groups -OCH3 is 1. The highest BCUT2D eigenvalue weighted by Crippen LogP contribution is 2.25. The molecule has 1 heterocycles. The van der Waals surface area contributed by atoms with Gasteiger partial charge < -0.3 is 14.2 Å². The van der Waals surface area contributed by atoms with Crippen molar-refractivity contribution in [2.24, 2.45) is 5.92 Å².